The largest absolute Gasteiger partial charge is 0.416 e. The van der Waals surface area contributed by atoms with E-state index < -0.39 is 27.8 Å². The Morgan fingerprint density at radius 1 is 1.08 bits per heavy atom. The molecule has 0 aliphatic heterocycles. The summed E-state index contributed by atoms with van der Waals surface area (Å²) in [6, 6.07) is 8.93. The highest BCUT2D eigenvalue weighted by atomic mass is 32.2. The van der Waals surface area contributed by atoms with Gasteiger partial charge in [0.25, 0.3) is 0 Å². The molecule has 1 N–H and O–H groups in total. The highest BCUT2D eigenvalue weighted by molar-refractivity contribution is 7.89. The third kappa shape index (κ3) is 4.67. The van der Waals surface area contributed by atoms with E-state index >= 15 is 0 Å². The van der Waals surface area contributed by atoms with Crippen LogP contribution in [-0.2, 0) is 16.2 Å². The Kier molecular flexibility index (Phi) is 5.34. The lowest BCUT2D eigenvalue weighted by Crippen LogP contribution is -2.27. The zero-order valence-electron chi connectivity index (χ0n) is 13.5. The van der Waals surface area contributed by atoms with Crippen molar-refractivity contribution in [2.75, 3.05) is 0 Å². The molecule has 4 nitrogen and oxygen atoms in total. The number of carbonyl (C=O) groups is 1. The molecule has 0 radical (unpaired) electrons. The number of alkyl halides is 3. The van der Waals surface area contributed by atoms with Crippen molar-refractivity contribution in [3.8, 4) is 0 Å². The van der Waals surface area contributed by atoms with E-state index in [4.69, 9.17) is 0 Å². The smallest absolute Gasteiger partial charge is 0.295 e. The predicted molar refractivity (Wildman–Crippen MR) is 86.6 cm³/mol. The monoisotopic (exact) mass is 371 g/mol. The summed E-state index contributed by atoms with van der Waals surface area (Å²) in [5.74, 6) is -0.200. The number of carbonyl (C=O) groups excluding carboxylic acids is 1. The van der Waals surface area contributed by atoms with E-state index in [1.807, 2.05) is 0 Å². The average molecular weight is 371 g/mol. The Labute approximate surface area is 143 Å². The Morgan fingerprint density at radius 2 is 1.68 bits per heavy atom. The molecule has 0 saturated carbocycles. The number of nitrogens with one attached hydrogen (secondary N) is 1. The number of hydrogen-bond acceptors (Lipinski definition) is 3. The van der Waals surface area contributed by atoms with Crippen LogP contribution in [0.1, 0.15) is 41.4 Å². The molecule has 0 bridgehead atoms. The summed E-state index contributed by atoms with van der Waals surface area (Å²) < 4.78 is 65.4. The van der Waals surface area contributed by atoms with Crippen molar-refractivity contribution in [3.05, 3.63) is 65.2 Å². The average Bonchev–Trinajstić information content (AvgIpc) is 2.54. The lowest BCUT2D eigenvalue weighted by Gasteiger charge is -2.16. The van der Waals surface area contributed by atoms with Gasteiger partial charge in [0.2, 0.25) is 10.0 Å². The fourth-order valence-corrected chi connectivity index (χ4v) is 3.45. The molecule has 2 rings (SSSR count). The summed E-state index contributed by atoms with van der Waals surface area (Å²) >= 11 is 0. The van der Waals surface area contributed by atoms with Gasteiger partial charge in [-0.05, 0) is 43.7 Å². The van der Waals surface area contributed by atoms with E-state index in [1.165, 1.54) is 50.2 Å². The zero-order valence-corrected chi connectivity index (χ0v) is 14.3. The van der Waals surface area contributed by atoms with Crippen LogP contribution in [0.3, 0.4) is 0 Å². The van der Waals surface area contributed by atoms with Crippen LogP contribution in [0.5, 0.6) is 0 Å². The summed E-state index contributed by atoms with van der Waals surface area (Å²) in [7, 11) is -3.94. The second kappa shape index (κ2) is 6.97. The molecule has 0 saturated heterocycles. The second-order valence-corrected chi connectivity index (χ2v) is 7.26. The molecule has 2 aromatic rings. The van der Waals surface area contributed by atoms with Crippen LogP contribution in [0.25, 0.3) is 0 Å². The minimum Gasteiger partial charge on any atom is -0.295 e. The molecule has 1 unspecified atom stereocenters. The fourth-order valence-electron chi connectivity index (χ4n) is 2.22. The van der Waals surface area contributed by atoms with Crippen LogP contribution >= 0.6 is 0 Å². The van der Waals surface area contributed by atoms with Gasteiger partial charge in [0.1, 0.15) is 0 Å². The van der Waals surface area contributed by atoms with Crippen molar-refractivity contribution < 1.29 is 26.4 Å². The van der Waals surface area contributed by atoms with E-state index in [0.29, 0.717) is 5.56 Å². The van der Waals surface area contributed by atoms with Crippen LogP contribution in [-0.4, -0.2) is 14.2 Å². The van der Waals surface area contributed by atoms with Gasteiger partial charge in [-0.1, -0.05) is 24.3 Å². The normalized spacial score (nSPS) is 13.5. The molecule has 134 valence electrons. The first-order valence-corrected chi connectivity index (χ1v) is 8.79. The summed E-state index contributed by atoms with van der Waals surface area (Å²) in [4.78, 5) is 11.2. The van der Waals surface area contributed by atoms with E-state index in [9.17, 15) is 26.4 Å². The Balaban J connectivity index is 2.24. The van der Waals surface area contributed by atoms with Gasteiger partial charge in [0, 0.05) is 11.6 Å². The number of halogens is 3. The second-order valence-electron chi connectivity index (χ2n) is 5.55. The molecule has 0 spiro atoms. The number of hydrogen-bond donors (Lipinski definition) is 1. The van der Waals surface area contributed by atoms with E-state index in [1.54, 1.807) is 0 Å². The Bertz CT molecular complexity index is 875. The third-order valence-corrected chi connectivity index (χ3v) is 5.17. The first-order valence-electron chi connectivity index (χ1n) is 7.31. The van der Waals surface area contributed by atoms with Crippen LogP contribution in [0.15, 0.2) is 53.4 Å². The Morgan fingerprint density at radius 3 is 2.20 bits per heavy atom. The van der Waals surface area contributed by atoms with Crippen molar-refractivity contribution >= 4 is 15.8 Å². The van der Waals surface area contributed by atoms with Gasteiger partial charge in [-0.15, -0.1) is 0 Å². The number of sulfonamides is 1. The van der Waals surface area contributed by atoms with Gasteiger partial charge < -0.3 is 0 Å². The molecule has 1 atom stereocenters. The maximum absolute atomic E-state index is 12.8. The molecule has 0 fully saturated rings. The summed E-state index contributed by atoms with van der Waals surface area (Å²) in [5, 5.41) is 0. The summed E-state index contributed by atoms with van der Waals surface area (Å²) in [5.41, 5.74) is -0.287. The quantitative estimate of drug-likeness (QED) is 0.810. The first-order chi connectivity index (χ1) is 11.5. The molecule has 0 aliphatic rings. The molecular formula is C17H16F3NO3S. The van der Waals surface area contributed by atoms with Crippen molar-refractivity contribution in [2.24, 2.45) is 0 Å². The molecule has 0 aromatic heterocycles. The van der Waals surface area contributed by atoms with E-state index in [0.717, 1.165) is 12.1 Å². The topological polar surface area (TPSA) is 63.2 Å². The molecule has 0 heterocycles. The lowest BCUT2D eigenvalue weighted by atomic mass is 10.1. The maximum Gasteiger partial charge on any atom is 0.416 e. The molecule has 25 heavy (non-hydrogen) atoms. The van der Waals surface area contributed by atoms with Crippen molar-refractivity contribution in [3.63, 3.8) is 0 Å². The van der Waals surface area contributed by atoms with Gasteiger partial charge in [-0.2, -0.15) is 13.2 Å². The van der Waals surface area contributed by atoms with Crippen LogP contribution in [0.4, 0.5) is 13.2 Å². The highest BCUT2D eigenvalue weighted by Crippen LogP contribution is 2.31. The van der Waals surface area contributed by atoms with Gasteiger partial charge in [-0.25, -0.2) is 13.1 Å². The zero-order chi connectivity index (χ0) is 18.8. The molecule has 0 aliphatic carbocycles. The van der Waals surface area contributed by atoms with Gasteiger partial charge in [-0.3, -0.25) is 4.79 Å². The van der Waals surface area contributed by atoms with Gasteiger partial charge in [0.15, 0.2) is 5.78 Å². The van der Waals surface area contributed by atoms with Crippen molar-refractivity contribution in [1.82, 2.24) is 4.72 Å². The van der Waals surface area contributed by atoms with Crippen LogP contribution in [0, 0.1) is 0 Å². The van der Waals surface area contributed by atoms with Crippen LogP contribution in [0.2, 0.25) is 0 Å². The van der Waals surface area contributed by atoms with E-state index in [-0.39, 0.29) is 16.2 Å². The first kappa shape index (κ1) is 19.1. The molecular weight excluding hydrogens is 355 g/mol. The number of rotatable bonds is 5. The molecule has 2 aromatic carbocycles. The number of Topliss-reactive ketones (excluding diaryl/α,β-unsaturated/α-hetero) is 1. The summed E-state index contributed by atoms with van der Waals surface area (Å²) in [6.07, 6.45) is -4.50. The van der Waals surface area contributed by atoms with Gasteiger partial charge in [0.05, 0.1) is 10.5 Å². The van der Waals surface area contributed by atoms with Crippen molar-refractivity contribution in [1.29, 1.82) is 0 Å². The lowest BCUT2D eigenvalue weighted by molar-refractivity contribution is -0.137. The SMILES string of the molecule is CC(=O)c1ccc(S(=O)(=O)NC(C)c2cccc(C(F)(F)F)c2)cc1. The minimum atomic E-state index is -4.50. The predicted octanol–water partition coefficient (Wildman–Crippen LogP) is 3.95. The minimum absolute atomic E-state index is 0.0728. The molecule has 8 heteroatoms. The maximum atomic E-state index is 12.8. The van der Waals surface area contributed by atoms with Gasteiger partial charge >= 0.3 is 6.18 Å². The summed E-state index contributed by atoms with van der Waals surface area (Å²) in [6.45, 7) is 2.81. The number of ketones is 1. The highest BCUT2D eigenvalue weighted by Gasteiger charge is 2.31. The number of benzene rings is 2. The third-order valence-electron chi connectivity index (χ3n) is 3.62. The van der Waals surface area contributed by atoms with E-state index in [2.05, 4.69) is 4.72 Å². The standard InChI is InChI=1S/C17H16F3NO3S/c1-11(14-4-3-5-15(10-14)17(18,19)20)21-25(23,24)16-8-6-13(7-9-16)12(2)22/h3-11,21H,1-2H3. The van der Waals surface area contributed by atoms with Crippen LogP contribution < -0.4 is 4.72 Å². The Hall–Kier alpha value is -2.19. The van der Waals surface area contributed by atoms with Crippen molar-refractivity contribution in [2.45, 2.75) is 31.0 Å². The molecule has 0 amide bonds. The fraction of sp³-hybridized carbons (Fsp3) is 0.235.